The average Bonchev–Trinajstić information content (AvgIpc) is 3.46. The zero-order valence-corrected chi connectivity index (χ0v) is 19.5. The summed E-state index contributed by atoms with van der Waals surface area (Å²) in [5.41, 5.74) is 7.20. The molecular weight excluding hydrogens is 449 g/mol. The fourth-order valence-corrected chi connectivity index (χ4v) is 7.20. The van der Waals surface area contributed by atoms with E-state index in [1.807, 2.05) is 29.8 Å². The molecule has 1 aliphatic carbocycles. The van der Waals surface area contributed by atoms with E-state index in [1.54, 1.807) is 12.1 Å². The third kappa shape index (κ3) is 2.64. The SMILES string of the molecule is Fc1ccc2c(c1)-c1c(c3ccccc3c3c1sc1ccc(-c4cccc5cnccc45)cc13)C2. The Morgan fingerprint density at radius 3 is 2.60 bits per heavy atom. The van der Waals surface area contributed by atoms with E-state index < -0.39 is 0 Å². The van der Waals surface area contributed by atoms with Gasteiger partial charge in [0.2, 0.25) is 0 Å². The van der Waals surface area contributed by atoms with Crippen molar-refractivity contribution in [1.82, 2.24) is 4.98 Å². The highest BCUT2D eigenvalue weighted by atomic mass is 32.1. The minimum absolute atomic E-state index is 0.174. The van der Waals surface area contributed by atoms with Gasteiger partial charge in [0.25, 0.3) is 0 Å². The number of halogens is 1. The van der Waals surface area contributed by atoms with Gasteiger partial charge >= 0.3 is 0 Å². The molecule has 0 spiro atoms. The molecule has 7 aromatic rings. The molecule has 0 aliphatic heterocycles. The molecule has 0 amide bonds. The molecule has 0 N–H and O–H groups in total. The van der Waals surface area contributed by atoms with Crippen molar-refractivity contribution in [3.8, 4) is 22.3 Å². The van der Waals surface area contributed by atoms with Gasteiger partial charge in [-0.05, 0) is 80.7 Å². The van der Waals surface area contributed by atoms with E-state index in [0.717, 1.165) is 17.4 Å². The lowest BCUT2D eigenvalue weighted by molar-refractivity contribution is 0.628. The fraction of sp³-hybridized carbons (Fsp3) is 0.0312. The molecule has 0 atom stereocenters. The van der Waals surface area contributed by atoms with Crippen LogP contribution in [0.15, 0.2) is 97.3 Å². The molecule has 0 unspecified atom stereocenters. The van der Waals surface area contributed by atoms with Gasteiger partial charge in [0.05, 0.1) is 0 Å². The highest BCUT2D eigenvalue weighted by Crippen LogP contribution is 2.51. The van der Waals surface area contributed by atoms with Crippen LogP contribution in [0.25, 0.3) is 64.0 Å². The Balaban J connectivity index is 1.51. The van der Waals surface area contributed by atoms with Crippen molar-refractivity contribution in [3.63, 3.8) is 0 Å². The van der Waals surface area contributed by atoms with Gasteiger partial charge in [0.1, 0.15) is 5.82 Å². The van der Waals surface area contributed by atoms with Crippen LogP contribution < -0.4 is 0 Å². The van der Waals surface area contributed by atoms with E-state index in [0.29, 0.717) is 0 Å². The first kappa shape index (κ1) is 19.2. The molecule has 2 aromatic heterocycles. The first-order valence-electron chi connectivity index (χ1n) is 11.8. The summed E-state index contributed by atoms with van der Waals surface area (Å²) >= 11 is 1.83. The lowest BCUT2D eigenvalue weighted by atomic mass is 9.93. The molecule has 8 rings (SSSR count). The van der Waals surface area contributed by atoms with E-state index >= 15 is 0 Å². The van der Waals surface area contributed by atoms with Crippen molar-refractivity contribution in [1.29, 1.82) is 0 Å². The van der Waals surface area contributed by atoms with E-state index in [4.69, 9.17) is 0 Å². The van der Waals surface area contributed by atoms with Gasteiger partial charge < -0.3 is 0 Å². The first-order chi connectivity index (χ1) is 17.3. The van der Waals surface area contributed by atoms with E-state index in [9.17, 15) is 4.39 Å². The van der Waals surface area contributed by atoms with Crippen molar-refractivity contribution in [2.45, 2.75) is 6.42 Å². The van der Waals surface area contributed by atoms with Gasteiger partial charge in [0.15, 0.2) is 0 Å². The van der Waals surface area contributed by atoms with Gasteiger partial charge in [0, 0.05) is 43.5 Å². The van der Waals surface area contributed by atoms with Crippen LogP contribution in [0.4, 0.5) is 4.39 Å². The molecule has 0 saturated heterocycles. The van der Waals surface area contributed by atoms with Crippen LogP contribution in [0.5, 0.6) is 0 Å². The van der Waals surface area contributed by atoms with Crippen molar-refractivity contribution in [3.05, 3.63) is 114 Å². The molecule has 1 aliphatic rings. The van der Waals surface area contributed by atoms with Gasteiger partial charge in [-0.2, -0.15) is 0 Å². The summed E-state index contributed by atoms with van der Waals surface area (Å²) in [6, 6.07) is 29.3. The van der Waals surface area contributed by atoms with Crippen LogP contribution in [0.3, 0.4) is 0 Å². The molecule has 0 bridgehead atoms. The molecule has 35 heavy (non-hydrogen) atoms. The molecular formula is C32H18FNS. The number of aromatic nitrogens is 1. The topological polar surface area (TPSA) is 12.9 Å². The van der Waals surface area contributed by atoms with Gasteiger partial charge in [-0.3, -0.25) is 4.98 Å². The second-order valence-corrected chi connectivity index (χ2v) is 10.3. The van der Waals surface area contributed by atoms with Crippen molar-refractivity contribution in [2.75, 3.05) is 0 Å². The summed E-state index contributed by atoms with van der Waals surface area (Å²) in [4.78, 5) is 4.30. The third-order valence-electron chi connectivity index (χ3n) is 7.44. The second kappa shape index (κ2) is 6.97. The van der Waals surface area contributed by atoms with E-state index in [1.165, 1.54) is 64.1 Å². The predicted octanol–water partition coefficient (Wildman–Crippen LogP) is 9.13. The van der Waals surface area contributed by atoms with Crippen molar-refractivity contribution >= 4 is 53.1 Å². The van der Waals surface area contributed by atoms with Crippen molar-refractivity contribution in [2.24, 2.45) is 0 Å². The molecule has 0 saturated carbocycles. The standard InChI is InChI=1S/C32H18FNS/c33-21-10-8-19-14-27-24-5-1-2-6-25(24)30-28-15-18(22-7-3-4-20-17-34-13-12-23(20)22)9-11-29(28)35-32(30)31(27)26(19)16-21/h1-13,15-17H,14H2. The van der Waals surface area contributed by atoms with Crippen LogP contribution in [0.1, 0.15) is 11.1 Å². The number of hydrogen-bond donors (Lipinski definition) is 0. The van der Waals surface area contributed by atoms with Crippen LogP contribution in [0.2, 0.25) is 0 Å². The third-order valence-corrected chi connectivity index (χ3v) is 8.63. The molecule has 2 heterocycles. The molecule has 1 nitrogen and oxygen atoms in total. The normalized spacial score (nSPS) is 12.6. The maximum Gasteiger partial charge on any atom is 0.123 e. The van der Waals surface area contributed by atoms with Crippen LogP contribution in [-0.4, -0.2) is 4.98 Å². The van der Waals surface area contributed by atoms with Gasteiger partial charge in [-0.15, -0.1) is 11.3 Å². The summed E-state index contributed by atoms with van der Waals surface area (Å²) in [6.07, 6.45) is 4.63. The van der Waals surface area contributed by atoms with Crippen LogP contribution in [0, 0.1) is 5.82 Å². The number of nitrogens with zero attached hydrogens (tertiary/aromatic N) is 1. The Kier molecular flexibility index (Phi) is 3.83. The number of hydrogen-bond acceptors (Lipinski definition) is 2. The summed E-state index contributed by atoms with van der Waals surface area (Å²) < 4.78 is 16.9. The zero-order valence-electron chi connectivity index (χ0n) is 18.7. The minimum Gasteiger partial charge on any atom is -0.264 e. The molecule has 0 radical (unpaired) electrons. The van der Waals surface area contributed by atoms with Gasteiger partial charge in [-0.25, -0.2) is 4.39 Å². The molecule has 164 valence electrons. The summed E-state index contributed by atoms with van der Waals surface area (Å²) in [7, 11) is 0. The number of fused-ring (bicyclic) bond motifs is 11. The molecule has 5 aromatic carbocycles. The monoisotopic (exact) mass is 467 g/mol. The Bertz CT molecular complexity index is 1990. The summed E-state index contributed by atoms with van der Waals surface area (Å²) in [6.45, 7) is 0. The van der Waals surface area contributed by atoms with Crippen LogP contribution in [-0.2, 0) is 6.42 Å². The minimum atomic E-state index is -0.174. The zero-order chi connectivity index (χ0) is 23.1. The largest absolute Gasteiger partial charge is 0.264 e. The summed E-state index contributed by atoms with van der Waals surface area (Å²) in [5.74, 6) is -0.174. The maximum absolute atomic E-state index is 14.3. The highest BCUT2D eigenvalue weighted by Gasteiger charge is 2.26. The predicted molar refractivity (Wildman–Crippen MR) is 146 cm³/mol. The Morgan fingerprint density at radius 1 is 0.743 bits per heavy atom. The number of pyridine rings is 1. The fourth-order valence-electron chi connectivity index (χ4n) is 5.91. The Labute approximate surface area is 205 Å². The summed E-state index contributed by atoms with van der Waals surface area (Å²) in [5, 5.41) is 7.43. The lowest BCUT2D eigenvalue weighted by Crippen LogP contribution is -1.86. The average molecular weight is 468 g/mol. The highest BCUT2D eigenvalue weighted by molar-refractivity contribution is 7.26. The number of thiophene rings is 1. The number of benzene rings is 5. The molecule has 0 fully saturated rings. The second-order valence-electron chi connectivity index (χ2n) is 9.30. The lowest BCUT2D eigenvalue weighted by Gasteiger charge is -2.10. The maximum atomic E-state index is 14.3. The molecule has 3 heteroatoms. The van der Waals surface area contributed by atoms with Gasteiger partial charge in [-0.1, -0.05) is 54.6 Å². The van der Waals surface area contributed by atoms with E-state index in [-0.39, 0.29) is 5.82 Å². The smallest absolute Gasteiger partial charge is 0.123 e. The Morgan fingerprint density at radius 2 is 1.66 bits per heavy atom. The Hall–Kier alpha value is -4.08. The van der Waals surface area contributed by atoms with E-state index in [2.05, 4.69) is 71.7 Å². The van der Waals surface area contributed by atoms with Crippen LogP contribution >= 0.6 is 11.3 Å². The number of rotatable bonds is 1. The first-order valence-corrected chi connectivity index (χ1v) is 12.6. The van der Waals surface area contributed by atoms with Crippen molar-refractivity contribution < 1.29 is 4.39 Å². The quantitative estimate of drug-likeness (QED) is 0.234.